The maximum Gasteiger partial charge on any atom is 0.00954 e. The summed E-state index contributed by atoms with van der Waals surface area (Å²) in [5, 5.41) is 0. The topological polar surface area (TPSA) is 29.3 Å². The van der Waals surface area contributed by atoms with Crippen molar-refractivity contribution in [1.82, 2.24) is 4.90 Å². The molecule has 1 saturated heterocycles. The Morgan fingerprint density at radius 3 is 2.65 bits per heavy atom. The second-order valence-electron chi connectivity index (χ2n) is 6.36. The van der Waals surface area contributed by atoms with Gasteiger partial charge in [-0.2, -0.15) is 0 Å². The highest BCUT2D eigenvalue weighted by molar-refractivity contribution is 4.85. The van der Waals surface area contributed by atoms with Crippen LogP contribution in [-0.2, 0) is 0 Å². The molecule has 17 heavy (non-hydrogen) atoms. The summed E-state index contributed by atoms with van der Waals surface area (Å²) in [6.07, 6.45) is 9.82. The van der Waals surface area contributed by atoms with Crippen LogP contribution in [0.1, 0.15) is 58.8 Å². The first-order valence-electron chi connectivity index (χ1n) is 7.70. The highest BCUT2D eigenvalue weighted by Crippen LogP contribution is 2.30. The molecule has 1 aliphatic carbocycles. The van der Waals surface area contributed by atoms with Crippen LogP contribution < -0.4 is 5.73 Å². The van der Waals surface area contributed by atoms with Gasteiger partial charge in [-0.3, -0.25) is 0 Å². The highest BCUT2D eigenvalue weighted by atomic mass is 15.2. The van der Waals surface area contributed by atoms with Crippen LogP contribution >= 0.6 is 0 Å². The van der Waals surface area contributed by atoms with Crippen LogP contribution in [0.2, 0.25) is 0 Å². The van der Waals surface area contributed by atoms with Crippen molar-refractivity contribution in [2.75, 3.05) is 13.1 Å². The molecule has 2 aliphatic rings. The fourth-order valence-electron chi connectivity index (χ4n) is 3.66. The lowest BCUT2D eigenvalue weighted by atomic mass is 9.92. The van der Waals surface area contributed by atoms with Crippen LogP contribution in [0.4, 0.5) is 0 Å². The minimum absolute atomic E-state index is 0.445. The van der Waals surface area contributed by atoms with Crippen molar-refractivity contribution in [1.29, 1.82) is 0 Å². The molecule has 0 aromatic heterocycles. The standard InChI is InChI=1S/C15H30N2/c1-3-13-5-4-6-14(8-7-13)17-10-9-15(16)12(2)11-17/h12-15H,3-11,16H2,1-2H3. The number of nitrogens with two attached hydrogens (primary N) is 1. The van der Waals surface area contributed by atoms with E-state index in [4.69, 9.17) is 5.73 Å². The zero-order chi connectivity index (χ0) is 12.3. The summed E-state index contributed by atoms with van der Waals surface area (Å²) >= 11 is 0. The van der Waals surface area contributed by atoms with Gasteiger partial charge < -0.3 is 10.6 Å². The first-order chi connectivity index (χ1) is 8.20. The zero-order valence-electron chi connectivity index (χ0n) is 11.7. The lowest BCUT2D eigenvalue weighted by Crippen LogP contribution is -2.49. The maximum atomic E-state index is 6.12. The van der Waals surface area contributed by atoms with Crippen molar-refractivity contribution in [2.24, 2.45) is 17.6 Å². The molecule has 0 amide bonds. The van der Waals surface area contributed by atoms with Gasteiger partial charge in [0.25, 0.3) is 0 Å². The molecule has 4 atom stereocenters. The molecule has 1 saturated carbocycles. The SMILES string of the molecule is CCC1CCCC(N2CCC(N)C(C)C2)CC1. The van der Waals surface area contributed by atoms with Crippen molar-refractivity contribution < 1.29 is 0 Å². The van der Waals surface area contributed by atoms with E-state index in [-0.39, 0.29) is 0 Å². The minimum atomic E-state index is 0.445. The Hall–Kier alpha value is -0.0800. The number of likely N-dealkylation sites (tertiary alicyclic amines) is 1. The first-order valence-corrected chi connectivity index (χ1v) is 7.70. The second-order valence-corrected chi connectivity index (χ2v) is 6.36. The molecule has 0 spiro atoms. The molecule has 0 radical (unpaired) electrons. The van der Waals surface area contributed by atoms with Gasteiger partial charge in [0.05, 0.1) is 0 Å². The van der Waals surface area contributed by atoms with Gasteiger partial charge in [-0.15, -0.1) is 0 Å². The summed E-state index contributed by atoms with van der Waals surface area (Å²) in [6.45, 7) is 7.16. The largest absolute Gasteiger partial charge is 0.327 e. The Labute approximate surface area is 107 Å². The molecule has 2 heteroatoms. The van der Waals surface area contributed by atoms with E-state index in [1.165, 1.54) is 58.0 Å². The predicted molar refractivity (Wildman–Crippen MR) is 74.0 cm³/mol. The van der Waals surface area contributed by atoms with Gasteiger partial charge in [0, 0.05) is 18.6 Å². The molecular weight excluding hydrogens is 208 g/mol. The Morgan fingerprint density at radius 2 is 1.94 bits per heavy atom. The lowest BCUT2D eigenvalue weighted by molar-refractivity contribution is 0.105. The van der Waals surface area contributed by atoms with Crippen molar-refractivity contribution in [3.63, 3.8) is 0 Å². The quantitative estimate of drug-likeness (QED) is 0.749. The first kappa shape index (κ1) is 13.4. The van der Waals surface area contributed by atoms with Crippen molar-refractivity contribution >= 4 is 0 Å². The summed E-state index contributed by atoms with van der Waals surface area (Å²) in [4.78, 5) is 2.74. The van der Waals surface area contributed by atoms with Gasteiger partial charge in [0.2, 0.25) is 0 Å². The van der Waals surface area contributed by atoms with Crippen LogP contribution in [0, 0.1) is 11.8 Å². The van der Waals surface area contributed by atoms with Crippen LogP contribution in [0.15, 0.2) is 0 Å². The monoisotopic (exact) mass is 238 g/mol. The van der Waals surface area contributed by atoms with Crippen LogP contribution in [-0.4, -0.2) is 30.1 Å². The number of hydrogen-bond donors (Lipinski definition) is 1. The molecule has 2 nitrogen and oxygen atoms in total. The highest BCUT2D eigenvalue weighted by Gasteiger charge is 2.29. The van der Waals surface area contributed by atoms with E-state index in [0.717, 1.165) is 12.0 Å². The van der Waals surface area contributed by atoms with E-state index < -0.39 is 0 Å². The Balaban J connectivity index is 1.85. The normalized spacial score (nSPS) is 41.1. The third-order valence-electron chi connectivity index (χ3n) is 5.15. The second kappa shape index (κ2) is 6.19. The van der Waals surface area contributed by atoms with Gasteiger partial charge >= 0.3 is 0 Å². The summed E-state index contributed by atoms with van der Waals surface area (Å²) in [5.41, 5.74) is 6.12. The average Bonchev–Trinajstić information content (AvgIpc) is 2.58. The zero-order valence-corrected chi connectivity index (χ0v) is 11.7. The van der Waals surface area contributed by atoms with Gasteiger partial charge in [-0.25, -0.2) is 0 Å². The number of rotatable bonds is 2. The van der Waals surface area contributed by atoms with Crippen molar-refractivity contribution in [2.45, 2.75) is 70.9 Å². The number of nitrogens with zero attached hydrogens (tertiary/aromatic N) is 1. The van der Waals surface area contributed by atoms with Crippen LogP contribution in [0.25, 0.3) is 0 Å². The van der Waals surface area contributed by atoms with E-state index in [9.17, 15) is 0 Å². The summed E-state index contributed by atoms with van der Waals surface area (Å²) < 4.78 is 0. The fraction of sp³-hybridized carbons (Fsp3) is 1.00. The molecule has 1 aliphatic heterocycles. The predicted octanol–water partition coefficient (Wildman–Crippen LogP) is 3.01. The van der Waals surface area contributed by atoms with Crippen molar-refractivity contribution in [3.05, 3.63) is 0 Å². The molecule has 100 valence electrons. The van der Waals surface area contributed by atoms with Crippen molar-refractivity contribution in [3.8, 4) is 0 Å². The lowest BCUT2D eigenvalue weighted by Gasteiger charge is -2.40. The van der Waals surface area contributed by atoms with Gasteiger partial charge in [-0.05, 0) is 44.1 Å². The van der Waals surface area contributed by atoms with E-state index in [1.807, 2.05) is 0 Å². The summed E-state index contributed by atoms with van der Waals surface area (Å²) in [6, 6.07) is 1.31. The Kier molecular flexibility index (Phi) is 4.87. The molecule has 0 aromatic carbocycles. The molecule has 2 rings (SSSR count). The maximum absolute atomic E-state index is 6.12. The van der Waals surface area contributed by atoms with Gasteiger partial charge in [0.1, 0.15) is 0 Å². The number of piperidine rings is 1. The van der Waals surface area contributed by atoms with Gasteiger partial charge in [0.15, 0.2) is 0 Å². The summed E-state index contributed by atoms with van der Waals surface area (Å²) in [7, 11) is 0. The molecule has 1 heterocycles. The smallest absolute Gasteiger partial charge is 0.00954 e. The summed E-state index contributed by atoms with van der Waals surface area (Å²) in [5.74, 6) is 1.69. The Morgan fingerprint density at radius 1 is 1.12 bits per heavy atom. The van der Waals surface area contributed by atoms with Crippen LogP contribution in [0.5, 0.6) is 0 Å². The third kappa shape index (κ3) is 3.45. The molecular formula is C15H30N2. The van der Waals surface area contributed by atoms with E-state index >= 15 is 0 Å². The van der Waals surface area contributed by atoms with Gasteiger partial charge in [-0.1, -0.05) is 33.1 Å². The van der Waals surface area contributed by atoms with E-state index in [1.54, 1.807) is 0 Å². The van der Waals surface area contributed by atoms with E-state index in [2.05, 4.69) is 18.7 Å². The molecule has 2 fully saturated rings. The fourth-order valence-corrected chi connectivity index (χ4v) is 3.66. The molecule has 2 N–H and O–H groups in total. The average molecular weight is 238 g/mol. The number of hydrogen-bond acceptors (Lipinski definition) is 2. The molecule has 0 bridgehead atoms. The Bertz CT molecular complexity index is 229. The van der Waals surface area contributed by atoms with E-state index in [0.29, 0.717) is 12.0 Å². The van der Waals surface area contributed by atoms with Crippen LogP contribution in [0.3, 0.4) is 0 Å². The molecule has 4 unspecified atom stereocenters. The molecule has 0 aromatic rings. The minimum Gasteiger partial charge on any atom is -0.327 e. The third-order valence-corrected chi connectivity index (χ3v) is 5.15.